The van der Waals surface area contributed by atoms with Crippen LogP contribution in [0.4, 0.5) is 5.69 Å². The molecule has 6 rings (SSSR count). The predicted molar refractivity (Wildman–Crippen MR) is 156 cm³/mol. The molecular weight excluding hydrogens is 486 g/mol. The number of nitrogens with zero attached hydrogens (tertiary/aromatic N) is 4. The lowest BCUT2D eigenvalue weighted by Crippen LogP contribution is -2.51. The van der Waals surface area contributed by atoms with Gasteiger partial charge in [-0.1, -0.05) is 48.5 Å². The molecule has 4 aromatic rings. The van der Waals surface area contributed by atoms with Crippen LogP contribution in [0.15, 0.2) is 54.6 Å². The summed E-state index contributed by atoms with van der Waals surface area (Å²) in [5.74, 6) is 0.188. The molecule has 1 unspecified atom stereocenters. The summed E-state index contributed by atoms with van der Waals surface area (Å²) in [5, 5.41) is 11.8. The summed E-state index contributed by atoms with van der Waals surface area (Å²) >= 11 is 0. The molecule has 1 atom stereocenters. The van der Waals surface area contributed by atoms with Crippen LogP contribution in [0.5, 0.6) is 0 Å². The van der Waals surface area contributed by atoms with E-state index in [1.165, 1.54) is 0 Å². The van der Waals surface area contributed by atoms with Gasteiger partial charge in [0.1, 0.15) is 0 Å². The van der Waals surface area contributed by atoms with Crippen molar-refractivity contribution in [1.29, 1.82) is 0 Å². The highest BCUT2D eigenvalue weighted by Gasteiger charge is 2.33. The molecule has 2 aliphatic rings. The van der Waals surface area contributed by atoms with Gasteiger partial charge in [-0.25, -0.2) is 0 Å². The number of fused-ring (bicyclic) bond motifs is 2. The lowest BCUT2D eigenvalue weighted by Gasteiger charge is -2.42. The molecule has 1 aromatic heterocycles. The minimum Gasteiger partial charge on any atom is -0.338 e. The van der Waals surface area contributed by atoms with Crippen molar-refractivity contribution < 1.29 is 9.59 Å². The normalized spacial score (nSPS) is 19.1. The third kappa shape index (κ3) is 4.80. The van der Waals surface area contributed by atoms with Gasteiger partial charge in [-0.3, -0.25) is 19.2 Å². The van der Waals surface area contributed by atoms with Crippen LogP contribution in [-0.4, -0.2) is 63.6 Å². The predicted octanol–water partition coefficient (Wildman–Crippen LogP) is 5.30. The Balaban J connectivity index is 1.13. The van der Waals surface area contributed by atoms with Crippen molar-refractivity contribution >= 4 is 39.0 Å². The van der Waals surface area contributed by atoms with E-state index in [2.05, 4.69) is 45.6 Å². The first kappa shape index (κ1) is 25.6. The van der Waals surface area contributed by atoms with Crippen molar-refractivity contribution in [2.45, 2.75) is 45.6 Å². The largest absolute Gasteiger partial charge is 0.338 e. The third-order valence-electron chi connectivity index (χ3n) is 8.83. The maximum Gasteiger partial charge on any atom is 0.255 e. The molecule has 2 aliphatic heterocycles. The summed E-state index contributed by atoms with van der Waals surface area (Å²) in [6.45, 7) is 7.19. The second-order valence-corrected chi connectivity index (χ2v) is 11.2. The molecule has 3 aromatic carbocycles. The van der Waals surface area contributed by atoms with E-state index in [9.17, 15) is 9.59 Å². The lowest BCUT2D eigenvalue weighted by molar-refractivity contribution is -0.122. The minimum absolute atomic E-state index is 0.0283. The van der Waals surface area contributed by atoms with Crippen LogP contribution in [0.25, 0.3) is 21.5 Å². The van der Waals surface area contributed by atoms with Crippen LogP contribution < -0.4 is 5.32 Å². The molecule has 2 saturated heterocycles. The average molecular weight is 524 g/mol. The summed E-state index contributed by atoms with van der Waals surface area (Å²) in [6, 6.07) is 19.0. The summed E-state index contributed by atoms with van der Waals surface area (Å²) < 4.78 is 1.81. The van der Waals surface area contributed by atoms with Crippen molar-refractivity contribution in [3.05, 3.63) is 71.5 Å². The highest BCUT2D eigenvalue weighted by molar-refractivity contribution is 6.18. The van der Waals surface area contributed by atoms with Crippen LogP contribution in [0.2, 0.25) is 0 Å². The van der Waals surface area contributed by atoms with E-state index in [4.69, 9.17) is 0 Å². The first-order valence-corrected chi connectivity index (χ1v) is 14.2. The van der Waals surface area contributed by atoms with Crippen LogP contribution >= 0.6 is 0 Å². The molecule has 202 valence electrons. The number of hydrogen-bond donors (Lipinski definition) is 1. The van der Waals surface area contributed by atoms with Gasteiger partial charge < -0.3 is 10.2 Å². The number of carbonyl (C=O) groups is 2. The number of piperidine rings is 2. The molecule has 0 bridgehead atoms. The molecular formula is C32H37N5O2. The molecule has 2 amide bonds. The van der Waals surface area contributed by atoms with Crippen LogP contribution in [0, 0.1) is 19.8 Å². The third-order valence-corrected chi connectivity index (χ3v) is 8.83. The molecule has 2 fully saturated rings. The van der Waals surface area contributed by atoms with Gasteiger partial charge in [0.25, 0.3) is 5.91 Å². The highest BCUT2D eigenvalue weighted by atomic mass is 16.2. The van der Waals surface area contributed by atoms with E-state index >= 15 is 0 Å². The molecule has 7 nitrogen and oxygen atoms in total. The van der Waals surface area contributed by atoms with Gasteiger partial charge >= 0.3 is 0 Å². The molecule has 0 radical (unpaired) electrons. The summed E-state index contributed by atoms with van der Waals surface area (Å²) in [4.78, 5) is 31.7. The van der Waals surface area contributed by atoms with Gasteiger partial charge in [0.15, 0.2) is 0 Å². The Morgan fingerprint density at radius 2 is 1.54 bits per heavy atom. The van der Waals surface area contributed by atoms with Crippen LogP contribution in [0.3, 0.4) is 0 Å². The van der Waals surface area contributed by atoms with Crippen molar-refractivity contribution in [3.8, 4) is 0 Å². The molecule has 0 saturated carbocycles. The number of rotatable bonds is 4. The number of anilines is 1. The van der Waals surface area contributed by atoms with Gasteiger partial charge in [0, 0.05) is 32.7 Å². The average Bonchev–Trinajstić information content (AvgIpc) is 3.21. The second kappa shape index (κ2) is 10.5. The molecule has 0 spiro atoms. The Morgan fingerprint density at radius 1 is 0.897 bits per heavy atom. The SMILES string of the molecule is Cc1nn(C)c(C)c1NC(=O)C1CCCN(C2CCN(C(=O)c3c4ccccc4cc4ccccc34)CC2)C1. The monoisotopic (exact) mass is 523 g/mol. The number of aromatic nitrogens is 2. The van der Waals surface area contributed by atoms with E-state index in [0.29, 0.717) is 6.04 Å². The Labute approximate surface area is 229 Å². The fourth-order valence-electron chi connectivity index (χ4n) is 6.57. The summed E-state index contributed by atoms with van der Waals surface area (Å²) in [6.07, 6.45) is 3.80. The van der Waals surface area contributed by atoms with Crippen LogP contribution in [0.1, 0.15) is 47.4 Å². The number of likely N-dealkylation sites (tertiary alicyclic amines) is 2. The van der Waals surface area contributed by atoms with Gasteiger partial charge in [-0.2, -0.15) is 5.10 Å². The zero-order valence-corrected chi connectivity index (χ0v) is 23.1. The number of carbonyl (C=O) groups excluding carboxylic acids is 2. The topological polar surface area (TPSA) is 70.5 Å². The standard InChI is InChI=1S/C32H37N5O2/c1-21-30(22(2)35(3)34-21)33-31(38)25-11-8-16-37(20-25)26-14-17-36(18-15-26)32(39)29-27-12-6-4-9-23(27)19-24-10-5-7-13-28(24)29/h4-7,9-10,12-13,19,25-26H,8,11,14-18,20H2,1-3H3,(H,33,38). The van der Waals surface area contributed by atoms with Gasteiger partial charge in [0.2, 0.25) is 5.91 Å². The fraction of sp³-hybridized carbons (Fsp3) is 0.406. The smallest absolute Gasteiger partial charge is 0.255 e. The number of hydrogen-bond acceptors (Lipinski definition) is 4. The van der Waals surface area contributed by atoms with E-state index in [1.807, 2.05) is 54.7 Å². The Kier molecular flexibility index (Phi) is 6.85. The van der Waals surface area contributed by atoms with E-state index in [0.717, 1.165) is 96.0 Å². The first-order chi connectivity index (χ1) is 18.9. The van der Waals surface area contributed by atoms with Gasteiger partial charge in [0.05, 0.1) is 28.6 Å². The molecule has 39 heavy (non-hydrogen) atoms. The first-order valence-electron chi connectivity index (χ1n) is 14.2. The van der Waals surface area contributed by atoms with E-state index in [-0.39, 0.29) is 17.7 Å². The van der Waals surface area contributed by atoms with Gasteiger partial charge in [-0.15, -0.1) is 0 Å². The van der Waals surface area contributed by atoms with E-state index in [1.54, 1.807) is 0 Å². The van der Waals surface area contributed by atoms with Crippen molar-refractivity contribution in [2.24, 2.45) is 13.0 Å². The molecule has 0 aliphatic carbocycles. The van der Waals surface area contributed by atoms with E-state index < -0.39 is 0 Å². The number of aryl methyl sites for hydroxylation is 2. The lowest BCUT2D eigenvalue weighted by atomic mass is 9.92. The highest BCUT2D eigenvalue weighted by Crippen LogP contribution is 2.31. The van der Waals surface area contributed by atoms with Crippen LogP contribution in [-0.2, 0) is 11.8 Å². The zero-order valence-electron chi connectivity index (χ0n) is 23.1. The van der Waals surface area contributed by atoms with Crippen molar-refractivity contribution in [2.75, 3.05) is 31.5 Å². The molecule has 1 N–H and O–H groups in total. The van der Waals surface area contributed by atoms with Gasteiger partial charge in [-0.05, 0) is 73.7 Å². The van der Waals surface area contributed by atoms with Crippen molar-refractivity contribution in [1.82, 2.24) is 19.6 Å². The number of benzene rings is 3. The maximum atomic E-state index is 13.9. The number of amides is 2. The Hall–Kier alpha value is -3.71. The quantitative estimate of drug-likeness (QED) is 0.369. The molecule has 3 heterocycles. The maximum absolute atomic E-state index is 13.9. The zero-order chi connectivity index (χ0) is 27.1. The second-order valence-electron chi connectivity index (χ2n) is 11.2. The summed E-state index contributed by atoms with van der Waals surface area (Å²) in [7, 11) is 1.90. The van der Waals surface area contributed by atoms with Crippen molar-refractivity contribution in [3.63, 3.8) is 0 Å². The Bertz CT molecular complexity index is 1500. The molecule has 7 heteroatoms. The Morgan fingerprint density at radius 3 is 2.15 bits per heavy atom. The summed E-state index contributed by atoms with van der Waals surface area (Å²) in [5.41, 5.74) is 3.49. The number of nitrogens with one attached hydrogen (secondary N) is 1. The fourth-order valence-corrected chi connectivity index (χ4v) is 6.57. The minimum atomic E-state index is -0.0283.